The summed E-state index contributed by atoms with van der Waals surface area (Å²) >= 11 is 6.24. The number of nitrogens with zero attached hydrogens (tertiary/aromatic N) is 1. The van der Waals surface area contributed by atoms with Gasteiger partial charge >= 0.3 is 17.9 Å². The van der Waals surface area contributed by atoms with Crippen LogP contribution in [0.15, 0.2) is 50.5 Å². The average Bonchev–Trinajstić information content (AvgIpc) is 2.78. The maximum Gasteiger partial charge on any atom is 0.414 e. The lowest BCUT2D eigenvalue weighted by Gasteiger charge is -2.17. The molecule has 2 aromatic carbocycles. The molecule has 3 rings (SSSR count). The normalized spacial score (nSPS) is 13.0. The lowest BCUT2D eigenvalue weighted by Crippen LogP contribution is -2.33. The third kappa shape index (κ3) is 5.98. The summed E-state index contributed by atoms with van der Waals surface area (Å²) in [6, 6.07) is 6.40. The number of ether oxygens (including phenoxy) is 1. The minimum atomic E-state index is -4.74. The fourth-order valence-corrected chi connectivity index (χ4v) is 4.56. The number of halogens is 4. The van der Waals surface area contributed by atoms with Crippen LogP contribution in [-0.4, -0.2) is 46.2 Å². The highest BCUT2D eigenvalue weighted by Crippen LogP contribution is 2.34. The van der Waals surface area contributed by atoms with Crippen LogP contribution in [0.5, 0.6) is 5.75 Å². The van der Waals surface area contributed by atoms with Gasteiger partial charge in [0.15, 0.2) is 5.75 Å². The SMILES string of the molecule is Cc1c(C(N)c2cccc(S(=O)(=O)NCC(F)(F)F)c2)c(=O)oc2cc(OC(=O)N(C)C)c(Cl)cc12. The number of carbonyl (C=O) groups is 1. The van der Waals surface area contributed by atoms with Crippen molar-refractivity contribution in [2.45, 2.75) is 24.0 Å². The molecule has 0 bridgehead atoms. The van der Waals surface area contributed by atoms with Crippen molar-refractivity contribution in [3.05, 3.63) is 68.5 Å². The van der Waals surface area contributed by atoms with Gasteiger partial charge in [-0.1, -0.05) is 23.7 Å². The first kappa shape index (κ1) is 27.5. The molecule has 0 saturated carbocycles. The highest BCUT2D eigenvalue weighted by Gasteiger charge is 2.30. The fourth-order valence-electron chi connectivity index (χ4n) is 3.29. The molecule has 9 nitrogen and oxygen atoms in total. The largest absolute Gasteiger partial charge is 0.422 e. The van der Waals surface area contributed by atoms with E-state index in [0.717, 1.165) is 12.1 Å². The van der Waals surface area contributed by atoms with E-state index in [0.29, 0.717) is 10.9 Å². The Morgan fingerprint density at radius 1 is 1.25 bits per heavy atom. The number of amides is 1. The molecule has 36 heavy (non-hydrogen) atoms. The lowest BCUT2D eigenvalue weighted by molar-refractivity contribution is -0.121. The predicted octanol–water partition coefficient (Wildman–Crippen LogP) is 3.70. The number of carbonyl (C=O) groups excluding carboxylic acids is 1. The Kier molecular flexibility index (Phi) is 7.69. The Morgan fingerprint density at radius 2 is 1.92 bits per heavy atom. The topological polar surface area (TPSA) is 132 Å². The minimum Gasteiger partial charge on any atom is -0.422 e. The maximum atomic E-state index is 12.8. The fraction of sp³-hybridized carbons (Fsp3) is 0.273. The van der Waals surface area contributed by atoms with Crippen molar-refractivity contribution in [1.82, 2.24) is 9.62 Å². The van der Waals surface area contributed by atoms with Crippen LogP contribution in [0.3, 0.4) is 0 Å². The number of hydrogen-bond acceptors (Lipinski definition) is 7. The van der Waals surface area contributed by atoms with Gasteiger partial charge in [-0.05, 0) is 36.2 Å². The highest BCUT2D eigenvalue weighted by atomic mass is 35.5. The van der Waals surface area contributed by atoms with E-state index < -0.39 is 45.4 Å². The molecular formula is C22H21ClF3N3O6S. The van der Waals surface area contributed by atoms with Crippen molar-refractivity contribution < 1.29 is 35.5 Å². The lowest BCUT2D eigenvalue weighted by atomic mass is 9.95. The van der Waals surface area contributed by atoms with Crippen molar-refractivity contribution in [1.29, 1.82) is 0 Å². The second-order valence-corrected chi connectivity index (χ2v) is 10.1. The Morgan fingerprint density at radius 3 is 2.53 bits per heavy atom. The standard InChI is InChI=1S/C22H21ClF3N3O6S/c1-11-14-8-15(23)17(35-21(31)29(2)3)9-16(14)34-20(30)18(11)19(27)12-5-4-6-13(7-12)36(32,33)28-10-22(24,25)26/h4-9,19,28H,10,27H2,1-3H3. The second-order valence-electron chi connectivity index (χ2n) is 7.96. The highest BCUT2D eigenvalue weighted by molar-refractivity contribution is 7.89. The smallest absolute Gasteiger partial charge is 0.414 e. The van der Waals surface area contributed by atoms with Crippen molar-refractivity contribution in [2.75, 3.05) is 20.6 Å². The van der Waals surface area contributed by atoms with Gasteiger partial charge in [0.1, 0.15) is 12.1 Å². The first-order chi connectivity index (χ1) is 16.6. The van der Waals surface area contributed by atoms with Crippen LogP contribution in [0.4, 0.5) is 18.0 Å². The third-order valence-corrected chi connectivity index (χ3v) is 6.82. The van der Waals surface area contributed by atoms with Gasteiger partial charge in [-0.25, -0.2) is 22.7 Å². The van der Waals surface area contributed by atoms with Crippen LogP contribution in [0.2, 0.25) is 5.02 Å². The van der Waals surface area contributed by atoms with Gasteiger partial charge in [0.2, 0.25) is 10.0 Å². The molecule has 1 unspecified atom stereocenters. The molecule has 1 heterocycles. The van der Waals surface area contributed by atoms with Gasteiger partial charge in [-0.15, -0.1) is 0 Å². The van der Waals surface area contributed by atoms with Crippen molar-refractivity contribution in [3.8, 4) is 5.75 Å². The van der Waals surface area contributed by atoms with Crippen molar-refractivity contribution in [3.63, 3.8) is 0 Å². The van der Waals surface area contributed by atoms with Gasteiger partial charge < -0.3 is 19.8 Å². The molecule has 0 saturated heterocycles. The number of nitrogens with one attached hydrogen (secondary N) is 1. The number of rotatable bonds is 6. The molecule has 14 heteroatoms. The zero-order valence-electron chi connectivity index (χ0n) is 19.1. The quantitative estimate of drug-likeness (QED) is 0.450. The molecule has 0 fully saturated rings. The molecule has 0 radical (unpaired) electrons. The summed E-state index contributed by atoms with van der Waals surface area (Å²) in [7, 11) is -1.55. The summed E-state index contributed by atoms with van der Waals surface area (Å²) in [6.45, 7) is -0.173. The van der Waals surface area contributed by atoms with Crippen LogP contribution in [0.1, 0.15) is 22.7 Å². The van der Waals surface area contributed by atoms with Gasteiger partial charge in [0.25, 0.3) is 0 Å². The number of benzene rings is 2. The van der Waals surface area contributed by atoms with Gasteiger partial charge in [0.05, 0.1) is 21.5 Å². The summed E-state index contributed by atoms with van der Waals surface area (Å²) in [5.41, 5.74) is 5.97. The molecule has 1 amide bonds. The Hall–Kier alpha value is -3.13. The van der Waals surface area contributed by atoms with Crippen LogP contribution in [0, 0.1) is 6.92 Å². The molecule has 0 spiro atoms. The van der Waals surface area contributed by atoms with E-state index in [-0.39, 0.29) is 27.5 Å². The summed E-state index contributed by atoms with van der Waals surface area (Å²) in [5.74, 6) is -0.0354. The van der Waals surface area contributed by atoms with Crippen LogP contribution in [0.25, 0.3) is 11.0 Å². The molecule has 3 aromatic rings. The van der Waals surface area contributed by atoms with E-state index in [1.807, 2.05) is 0 Å². The van der Waals surface area contributed by atoms with Crippen molar-refractivity contribution >= 4 is 38.7 Å². The van der Waals surface area contributed by atoms with Crippen LogP contribution < -0.4 is 20.8 Å². The monoisotopic (exact) mass is 547 g/mol. The van der Waals surface area contributed by atoms with Crippen LogP contribution >= 0.6 is 11.6 Å². The molecular weight excluding hydrogens is 527 g/mol. The number of fused-ring (bicyclic) bond motifs is 1. The molecule has 194 valence electrons. The molecule has 1 atom stereocenters. The Labute approximate surface area is 208 Å². The third-order valence-electron chi connectivity index (χ3n) is 5.13. The van der Waals surface area contributed by atoms with E-state index in [1.165, 1.54) is 48.0 Å². The first-order valence-electron chi connectivity index (χ1n) is 10.2. The van der Waals surface area contributed by atoms with Gasteiger partial charge in [-0.2, -0.15) is 13.2 Å². The molecule has 0 aliphatic rings. The van der Waals surface area contributed by atoms with Gasteiger partial charge in [0, 0.05) is 25.5 Å². The van der Waals surface area contributed by atoms with E-state index in [4.69, 9.17) is 26.5 Å². The summed E-state index contributed by atoms with van der Waals surface area (Å²) in [4.78, 5) is 25.4. The Bertz CT molecular complexity index is 1490. The molecule has 0 aliphatic carbocycles. The number of sulfonamides is 1. The first-order valence-corrected chi connectivity index (χ1v) is 12.0. The summed E-state index contributed by atoms with van der Waals surface area (Å²) < 4.78 is 74.0. The van der Waals surface area contributed by atoms with E-state index in [2.05, 4.69) is 0 Å². The average molecular weight is 548 g/mol. The van der Waals surface area contributed by atoms with E-state index >= 15 is 0 Å². The predicted molar refractivity (Wildman–Crippen MR) is 126 cm³/mol. The summed E-state index contributed by atoms with van der Waals surface area (Å²) in [6.07, 6.45) is -5.44. The Balaban J connectivity index is 2.03. The number of nitrogens with two attached hydrogens (primary N) is 1. The maximum absolute atomic E-state index is 12.8. The van der Waals surface area contributed by atoms with E-state index in [1.54, 1.807) is 6.92 Å². The zero-order chi connectivity index (χ0) is 27.0. The minimum absolute atomic E-state index is 0.0191. The van der Waals surface area contributed by atoms with E-state index in [9.17, 15) is 31.2 Å². The second kappa shape index (κ2) is 10.1. The zero-order valence-corrected chi connectivity index (χ0v) is 20.7. The summed E-state index contributed by atoms with van der Waals surface area (Å²) in [5, 5.41) is 0.434. The molecule has 3 N–H and O–H groups in total. The van der Waals surface area contributed by atoms with Crippen LogP contribution in [-0.2, 0) is 10.0 Å². The number of alkyl halides is 3. The number of hydrogen-bond donors (Lipinski definition) is 2. The van der Waals surface area contributed by atoms with Crippen molar-refractivity contribution in [2.24, 2.45) is 5.73 Å². The molecule has 0 aliphatic heterocycles. The number of aryl methyl sites for hydroxylation is 1. The van der Waals surface area contributed by atoms with Gasteiger partial charge in [-0.3, -0.25) is 0 Å². The molecule has 1 aromatic heterocycles.